The highest BCUT2D eigenvalue weighted by Gasteiger charge is 2.31. The average molecular weight is 1990 g/mol. The normalized spacial score (nSPS) is 13.9. The number of amides is 6. The van der Waals surface area contributed by atoms with Crippen LogP contribution >= 0.6 is 0 Å². The molecule has 3 aliphatic rings. The number of allylic oxidation sites excluding steroid dienone is 3. The highest BCUT2D eigenvalue weighted by Crippen LogP contribution is 2.37. The van der Waals surface area contributed by atoms with Crippen molar-refractivity contribution >= 4 is 108 Å². The first kappa shape index (κ1) is 113. The van der Waals surface area contributed by atoms with E-state index in [4.69, 9.17) is 25.1 Å². The van der Waals surface area contributed by atoms with Gasteiger partial charge in [-0.15, -0.1) is 0 Å². The number of carbonyl (C=O) groups is 9. The van der Waals surface area contributed by atoms with Crippen LogP contribution in [0.15, 0.2) is 143 Å². The number of carboxylic acid groups (broad SMARTS) is 1. The number of carboxylic acids is 1. The highest BCUT2D eigenvalue weighted by molar-refractivity contribution is 6.76. The van der Waals surface area contributed by atoms with Gasteiger partial charge in [0.05, 0.1) is 110 Å². The van der Waals surface area contributed by atoms with Gasteiger partial charge in [-0.25, -0.2) is 32.3 Å². The van der Waals surface area contributed by atoms with Crippen LogP contribution in [0.3, 0.4) is 0 Å². The number of nitrogens with zero attached hydrogens (tertiary/aromatic N) is 11. The molecule has 0 saturated heterocycles. The zero-order chi connectivity index (χ0) is 102. The lowest BCUT2D eigenvalue weighted by Crippen LogP contribution is -2.42. The molecule has 0 aliphatic heterocycles. The van der Waals surface area contributed by atoms with Crippen molar-refractivity contribution in [2.75, 3.05) is 82.6 Å². The Morgan fingerprint density at radius 1 is 0.504 bits per heavy atom. The number of fused-ring (bicyclic) bond motifs is 3. The SMILES string of the molecule is C.COC(=O)N[C@@H](CC/C=C/C(=O)N(C)C)C(=O)Cc1cccn(Cc2cc3ncc(F)c(CC4CCC4)c3[nH]2)c1=O.COC(=O)N[C@@H](CC/C=C/C(=O)N(C)C)C(=O)Cc1cccn(Cc2cc3ncc(F)c(CC4CCC4)c3n2COCC[Si](C)(C)C)c1=O.COC(=O)N[C@@H](CC/C=C/C(=O)N(C)C)C(=O)O.C[Si](C)(C)CCOCn1c(Cn2cccc(N)c2=O)cc2ncc(F)c(CC3CCC3)c21. The number of nitrogens with one attached hydrogen (secondary N) is 4. The van der Waals surface area contributed by atoms with Crippen LogP contribution in [0, 0.1) is 35.2 Å². The first-order valence-corrected chi connectivity index (χ1v) is 54.8. The smallest absolute Gasteiger partial charge is 0.407 e. The molecular formula is C102H141F3N16O18Si2. The van der Waals surface area contributed by atoms with Crippen LogP contribution in [-0.4, -0.2) is 227 Å². The van der Waals surface area contributed by atoms with E-state index >= 15 is 4.39 Å². The molecule has 9 aromatic rings. The molecule has 766 valence electrons. The predicted octanol–water partition coefficient (Wildman–Crippen LogP) is 14.3. The lowest BCUT2D eigenvalue weighted by atomic mass is 9.81. The number of aromatic nitrogens is 9. The quantitative estimate of drug-likeness (QED) is 0.00894. The molecule has 0 unspecified atom stereocenters. The van der Waals surface area contributed by atoms with E-state index in [1.165, 1.54) is 87.7 Å². The zero-order valence-corrected chi connectivity index (χ0v) is 85.1. The first-order chi connectivity index (χ1) is 66.5. The minimum absolute atomic E-state index is 0. The van der Waals surface area contributed by atoms with Gasteiger partial charge in [0.25, 0.3) is 16.7 Å². The van der Waals surface area contributed by atoms with E-state index in [-0.39, 0.29) is 140 Å². The first-order valence-electron chi connectivity index (χ1n) is 47.4. The van der Waals surface area contributed by atoms with E-state index in [9.17, 15) is 66.3 Å². The lowest BCUT2D eigenvalue weighted by Gasteiger charge is -2.26. The van der Waals surface area contributed by atoms with E-state index in [0.717, 1.165) is 86.6 Å². The molecule has 6 amide bonds. The Hall–Kier alpha value is -12.9. The molecule has 0 bridgehead atoms. The van der Waals surface area contributed by atoms with Crippen LogP contribution in [0.4, 0.5) is 33.2 Å². The molecule has 3 saturated carbocycles. The van der Waals surface area contributed by atoms with Crippen molar-refractivity contribution in [1.82, 2.24) is 73.4 Å². The summed E-state index contributed by atoms with van der Waals surface area (Å²) in [6.45, 7) is 16.2. The van der Waals surface area contributed by atoms with Crippen LogP contribution in [0.1, 0.15) is 149 Å². The van der Waals surface area contributed by atoms with E-state index in [0.29, 0.717) is 127 Å². The molecule has 12 rings (SSSR count). The zero-order valence-electron chi connectivity index (χ0n) is 83.1. The van der Waals surface area contributed by atoms with Crippen LogP contribution < -0.4 is 38.4 Å². The van der Waals surface area contributed by atoms with Crippen molar-refractivity contribution in [3.05, 3.63) is 222 Å². The summed E-state index contributed by atoms with van der Waals surface area (Å²) >= 11 is 0. The van der Waals surface area contributed by atoms with Gasteiger partial charge in [0.2, 0.25) is 17.7 Å². The summed E-state index contributed by atoms with van der Waals surface area (Å²) in [5.74, 6) is -1.92. The molecule has 0 radical (unpaired) electrons. The van der Waals surface area contributed by atoms with Crippen molar-refractivity contribution in [1.29, 1.82) is 0 Å². The Morgan fingerprint density at radius 2 is 0.851 bits per heavy atom. The fraction of sp³-hybridized carbons (Fsp3) is 0.500. The van der Waals surface area contributed by atoms with Crippen LogP contribution in [-0.2, 0) is 118 Å². The summed E-state index contributed by atoms with van der Waals surface area (Å²) in [4.78, 5) is 167. The molecule has 7 N–H and O–H groups in total. The number of pyridine rings is 6. The van der Waals surface area contributed by atoms with Crippen molar-refractivity contribution in [3.8, 4) is 0 Å². The summed E-state index contributed by atoms with van der Waals surface area (Å²) in [5, 5.41) is 16.1. The Balaban J connectivity index is 0.000000241. The fourth-order valence-electron chi connectivity index (χ4n) is 15.8. The highest BCUT2D eigenvalue weighted by atomic mass is 28.3. The number of aromatic amines is 1. The van der Waals surface area contributed by atoms with Gasteiger partial charge < -0.3 is 93.0 Å². The number of anilines is 1. The van der Waals surface area contributed by atoms with Crippen molar-refractivity contribution in [2.24, 2.45) is 17.8 Å². The number of ether oxygens (including phenoxy) is 5. The monoisotopic (exact) mass is 1990 g/mol. The maximum absolute atomic E-state index is 15.3. The number of likely N-dealkylation sites (N-methyl/N-ethyl adjacent to an activating group) is 3. The molecule has 3 fully saturated rings. The molecule has 141 heavy (non-hydrogen) atoms. The predicted molar refractivity (Wildman–Crippen MR) is 542 cm³/mol. The minimum Gasteiger partial charge on any atom is -0.480 e. The number of hydrogen-bond acceptors (Lipinski definition) is 21. The number of methoxy groups -OCH3 is 3. The number of ketones is 2. The maximum Gasteiger partial charge on any atom is 0.407 e. The summed E-state index contributed by atoms with van der Waals surface area (Å²) in [7, 11) is 10.8. The van der Waals surface area contributed by atoms with Gasteiger partial charge in [-0.2, -0.15) is 0 Å². The number of halogens is 3. The van der Waals surface area contributed by atoms with Gasteiger partial charge in [-0.1, -0.05) is 135 Å². The third-order valence-electron chi connectivity index (χ3n) is 24.9. The second-order valence-electron chi connectivity index (χ2n) is 38.8. The number of H-pyrrole nitrogens is 1. The molecule has 3 aliphatic carbocycles. The summed E-state index contributed by atoms with van der Waals surface area (Å²) in [5.41, 5.74) is 14.1. The summed E-state index contributed by atoms with van der Waals surface area (Å²) in [6.07, 6.45) is 29.0. The average Bonchev–Trinajstić information content (AvgIpc) is 1.62. The molecular weight excluding hydrogens is 1850 g/mol. The Labute approximate surface area is 823 Å². The van der Waals surface area contributed by atoms with Gasteiger partial charge in [0, 0.05) is 148 Å². The largest absolute Gasteiger partial charge is 0.480 e. The number of nitrogens with two attached hydrogens (primary N) is 1. The van der Waals surface area contributed by atoms with E-state index in [2.05, 4.69) is 84.6 Å². The molecule has 34 nitrogen and oxygen atoms in total. The van der Waals surface area contributed by atoms with Crippen molar-refractivity contribution in [2.45, 2.75) is 238 Å². The Kier molecular flexibility index (Phi) is 43.6. The van der Waals surface area contributed by atoms with Crippen LogP contribution in [0.5, 0.6) is 0 Å². The van der Waals surface area contributed by atoms with E-state index in [1.807, 2.05) is 27.3 Å². The van der Waals surface area contributed by atoms with Crippen LogP contribution in [0.2, 0.25) is 51.4 Å². The molecule has 39 heteroatoms. The number of rotatable bonds is 44. The Morgan fingerprint density at radius 3 is 1.21 bits per heavy atom. The summed E-state index contributed by atoms with van der Waals surface area (Å²) < 4.78 is 79.3. The van der Waals surface area contributed by atoms with Gasteiger partial charge in [0.15, 0.2) is 11.6 Å². The number of alkyl carbamates (subject to hydrolysis) is 3. The third kappa shape index (κ3) is 34.2. The van der Waals surface area contributed by atoms with Gasteiger partial charge in [-0.3, -0.25) is 53.3 Å². The van der Waals surface area contributed by atoms with Gasteiger partial charge >= 0.3 is 24.2 Å². The number of aliphatic carboxylic acids is 1. The van der Waals surface area contributed by atoms with E-state index in [1.54, 1.807) is 120 Å². The van der Waals surface area contributed by atoms with Crippen LogP contribution in [0.25, 0.3) is 33.1 Å². The van der Waals surface area contributed by atoms with Gasteiger partial charge in [-0.05, 0) is 148 Å². The molecule has 0 aromatic carbocycles. The standard InChI is InChI=1S/C36H50FN5O6Si.C30H36FN5O5.C24H33FN4O2Si.C11H18N2O5.CH4/c1-40(2)33(44)15-8-7-14-30(39-36(46)47-3)32(43)20-26-13-10-16-41(35(26)45)23-27-21-31-34(42(27)24-48-17-18-49(4,5)6)28(29(37)22-38-31)19-25-11-9-12-25;1-35(2)27(38)12-5-4-11-24(34-30(40)41-3)26(37)15-20-10-7-13-36(29(20)39)18-21-16-25-28(33-21)22(23(31)17-32-25)14-19-8-6-9-19;1-32(2,3)11-10-31-16-29-18(15-28-9-5-8-21(26)24(28)30)13-22-23(29)19(20(25)14-27-22)12-17-6-4-7-17;1-13(2)9(14)7-5-4-6-8(10(15)16)12-11(17)18-3;/h8,10,13,15-16,21-22,25,30H,7,9,11-12,14,17-20,23-24H2,1-6H3,(H,39,46);5,7,10,12-13,16-17,19,24,33H,4,6,8-9,11,14-15,18H2,1-3H3,(H,34,40);5,8-9,13-14,17H,4,6-7,10-12,15-16,26H2,1-3H3;5,7-8H,4,6H2,1-3H3,(H,12,17)(H,15,16);1H4/b15-8+;12-5+;;7-5+;/t30-;24-;;8-;/m00.0./s1. The lowest BCUT2D eigenvalue weighted by molar-refractivity contribution is -0.139. The van der Waals surface area contributed by atoms with Gasteiger partial charge in [0.1, 0.15) is 37.0 Å². The number of carbonyl (C=O) groups excluding carboxylic acids is 8. The molecule has 9 aromatic heterocycles. The molecule has 3 atom stereocenters. The van der Waals surface area contributed by atoms with Crippen molar-refractivity contribution in [3.63, 3.8) is 0 Å². The second kappa shape index (κ2) is 54.2. The maximum atomic E-state index is 15.3. The minimum atomic E-state index is -1.34. The fourth-order valence-corrected chi connectivity index (χ4v) is 17.4. The molecule has 9 heterocycles. The topological polar surface area (TPSA) is 422 Å². The third-order valence-corrected chi connectivity index (χ3v) is 28.3. The number of Topliss-reactive ketones (excluding diaryl/α,β-unsaturated/α-hetero) is 2. The second-order valence-corrected chi connectivity index (χ2v) is 50.0. The molecule has 0 spiro atoms. The summed E-state index contributed by atoms with van der Waals surface area (Å²) in [6, 6.07) is 14.7. The van der Waals surface area contributed by atoms with Crippen molar-refractivity contribution < 1.29 is 85.1 Å². The Bertz CT molecular complexity index is 6090. The number of nitrogen functional groups attached to an aromatic ring is 1. The number of hydrogen-bond donors (Lipinski definition) is 6. The van der Waals surface area contributed by atoms with E-state index < -0.39 is 58.5 Å².